The van der Waals surface area contributed by atoms with Crippen LogP contribution in [0.3, 0.4) is 0 Å². The Bertz CT molecular complexity index is 733. The number of benzene rings is 1. The van der Waals surface area contributed by atoms with Gasteiger partial charge in [-0.05, 0) is 30.8 Å². The highest BCUT2D eigenvalue weighted by atomic mass is 15.0. The molecule has 6 nitrogen and oxygen atoms in total. The first-order valence-electron chi connectivity index (χ1n) is 6.46. The van der Waals surface area contributed by atoms with Crippen LogP contribution in [0.25, 0.3) is 11.0 Å². The normalized spacial score (nSPS) is 10.9. The first-order chi connectivity index (χ1) is 9.76. The van der Waals surface area contributed by atoms with Gasteiger partial charge in [-0.15, -0.1) is 0 Å². The highest BCUT2D eigenvalue weighted by Gasteiger charge is 2.03. The first-order valence-corrected chi connectivity index (χ1v) is 6.46. The smallest absolute Gasteiger partial charge is 0.134 e. The molecule has 0 fully saturated rings. The molecule has 0 saturated carbocycles. The summed E-state index contributed by atoms with van der Waals surface area (Å²) in [6.45, 7) is 0.545. The summed E-state index contributed by atoms with van der Waals surface area (Å²) >= 11 is 0. The van der Waals surface area contributed by atoms with Crippen LogP contribution >= 0.6 is 0 Å². The maximum Gasteiger partial charge on any atom is 0.134 e. The van der Waals surface area contributed by atoms with Crippen molar-refractivity contribution < 1.29 is 0 Å². The standard InChI is InChI=1S/C14H16N6/c1-20-9-17-11-8-10(2-3-12(11)20)18-14-5-7-16-13(19-14)4-6-15/h2-3,5,7-9H,4,6,15H2,1H3,(H,16,18,19). The third-order valence-electron chi connectivity index (χ3n) is 3.07. The molecule has 0 spiro atoms. The van der Waals surface area contributed by atoms with Crippen molar-refractivity contribution in [2.24, 2.45) is 12.8 Å². The average Bonchev–Trinajstić information content (AvgIpc) is 2.81. The lowest BCUT2D eigenvalue weighted by atomic mass is 10.2. The molecule has 0 atom stereocenters. The van der Waals surface area contributed by atoms with Crippen LogP contribution in [0.1, 0.15) is 5.82 Å². The maximum atomic E-state index is 5.52. The minimum atomic E-state index is 0.545. The Morgan fingerprint density at radius 2 is 2.15 bits per heavy atom. The number of nitrogens with one attached hydrogen (secondary N) is 1. The van der Waals surface area contributed by atoms with Crippen LogP contribution in [0.4, 0.5) is 11.5 Å². The summed E-state index contributed by atoms with van der Waals surface area (Å²) in [5.74, 6) is 1.51. The monoisotopic (exact) mass is 268 g/mol. The minimum Gasteiger partial charge on any atom is -0.340 e. The fourth-order valence-corrected chi connectivity index (χ4v) is 2.08. The third kappa shape index (κ3) is 2.46. The Morgan fingerprint density at radius 3 is 3.00 bits per heavy atom. The molecule has 0 unspecified atom stereocenters. The van der Waals surface area contributed by atoms with Gasteiger partial charge in [-0.2, -0.15) is 0 Å². The molecule has 1 aromatic carbocycles. The zero-order chi connectivity index (χ0) is 13.9. The summed E-state index contributed by atoms with van der Waals surface area (Å²) in [7, 11) is 1.98. The van der Waals surface area contributed by atoms with E-state index >= 15 is 0 Å². The summed E-state index contributed by atoms with van der Waals surface area (Å²) < 4.78 is 1.99. The topological polar surface area (TPSA) is 81.7 Å². The van der Waals surface area contributed by atoms with Crippen molar-refractivity contribution in [1.82, 2.24) is 19.5 Å². The second-order valence-electron chi connectivity index (χ2n) is 4.58. The average molecular weight is 268 g/mol. The molecule has 102 valence electrons. The number of hydrogen-bond acceptors (Lipinski definition) is 5. The molecular formula is C14H16N6. The first kappa shape index (κ1) is 12.6. The SMILES string of the molecule is Cn1cnc2cc(Nc3ccnc(CCN)n3)ccc21. The van der Waals surface area contributed by atoms with E-state index in [1.165, 1.54) is 0 Å². The number of nitrogens with two attached hydrogens (primary N) is 1. The predicted molar refractivity (Wildman–Crippen MR) is 78.8 cm³/mol. The van der Waals surface area contributed by atoms with Crippen LogP contribution in [-0.2, 0) is 13.5 Å². The fourth-order valence-electron chi connectivity index (χ4n) is 2.08. The minimum absolute atomic E-state index is 0.545. The van der Waals surface area contributed by atoms with Gasteiger partial charge in [0.05, 0.1) is 17.4 Å². The van der Waals surface area contributed by atoms with Gasteiger partial charge in [0, 0.05) is 25.4 Å². The van der Waals surface area contributed by atoms with E-state index in [0.717, 1.165) is 28.4 Å². The maximum absolute atomic E-state index is 5.52. The van der Waals surface area contributed by atoms with E-state index in [0.29, 0.717) is 13.0 Å². The van der Waals surface area contributed by atoms with Gasteiger partial charge in [-0.3, -0.25) is 0 Å². The molecule has 0 bridgehead atoms. The number of aryl methyl sites for hydroxylation is 1. The molecule has 0 saturated heterocycles. The van der Waals surface area contributed by atoms with Crippen molar-refractivity contribution in [3.05, 3.63) is 42.6 Å². The predicted octanol–water partition coefficient (Wildman–Crippen LogP) is 1.61. The van der Waals surface area contributed by atoms with Crippen LogP contribution in [0.5, 0.6) is 0 Å². The van der Waals surface area contributed by atoms with Gasteiger partial charge in [-0.1, -0.05) is 0 Å². The van der Waals surface area contributed by atoms with Crippen molar-refractivity contribution >= 4 is 22.5 Å². The van der Waals surface area contributed by atoms with Gasteiger partial charge in [0.25, 0.3) is 0 Å². The number of hydrogen-bond donors (Lipinski definition) is 2. The number of aromatic nitrogens is 4. The van der Waals surface area contributed by atoms with Crippen LogP contribution in [0.2, 0.25) is 0 Å². The number of fused-ring (bicyclic) bond motifs is 1. The number of rotatable bonds is 4. The van der Waals surface area contributed by atoms with E-state index in [4.69, 9.17) is 5.73 Å². The Morgan fingerprint density at radius 1 is 1.25 bits per heavy atom. The number of anilines is 2. The van der Waals surface area contributed by atoms with Gasteiger partial charge in [0.1, 0.15) is 11.6 Å². The van der Waals surface area contributed by atoms with Crippen LogP contribution in [0, 0.1) is 0 Å². The van der Waals surface area contributed by atoms with Gasteiger partial charge in [-0.25, -0.2) is 15.0 Å². The zero-order valence-electron chi connectivity index (χ0n) is 11.2. The molecular weight excluding hydrogens is 252 g/mol. The molecule has 2 heterocycles. The largest absolute Gasteiger partial charge is 0.340 e. The Kier molecular flexibility index (Phi) is 3.30. The molecule has 0 radical (unpaired) electrons. The lowest BCUT2D eigenvalue weighted by molar-refractivity contribution is 0.870. The van der Waals surface area contributed by atoms with Crippen molar-refractivity contribution in [2.45, 2.75) is 6.42 Å². The molecule has 3 N–H and O–H groups in total. The second kappa shape index (κ2) is 5.26. The number of imidazole rings is 1. The molecule has 0 aliphatic heterocycles. The van der Waals surface area contributed by atoms with Crippen LogP contribution in [-0.4, -0.2) is 26.1 Å². The Hall–Kier alpha value is -2.47. The molecule has 0 aliphatic rings. The van der Waals surface area contributed by atoms with Crippen molar-refractivity contribution in [2.75, 3.05) is 11.9 Å². The third-order valence-corrected chi connectivity index (χ3v) is 3.07. The van der Waals surface area contributed by atoms with E-state index in [1.807, 2.05) is 35.9 Å². The fraction of sp³-hybridized carbons (Fsp3) is 0.214. The summed E-state index contributed by atoms with van der Waals surface area (Å²) in [5, 5.41) is 3.26. The van der Waals surface area contributed by atoms with Crippen molar-refractivity contribution in [3.8, 4) is 0 Å². The van der Waals surface area contributed by atoms with Crippen LogP contribution in [0.15, 0.2) is 36.8 Å². The Balaban J connectivity index is 1.86. The van der Waals surface area contributed by atoms with Gasteiger partial charge >= 0.3 is 0 Å². The van der Waals surface area contributed by atoms with E-state index in [1.54, 1.807) is 12.5 Å². The molecule has 0 aliphatic carbocycles. The van der Waals surface area contributed by atoms with Gasteiger partial charge in [0.2, 0.25) is 0 Å². The molecule has 0 amide bonds. The lowest BCUT2D eigenvalue weighted by Crippen LogP contribution is -2.07. The van der Waals surface area contributed by atoms with Crippen LogP contribution < -0.4 is 11.1 Å². The van der Waals surface area contributed by atoms with Crippen molar-refractivity contribution in [3.63, 3.8) is 0 Å². The lowest BCUT2D eigenvalue weighted by Gasteiger charge is -2.07. The van der Waals surface area contributed by atoms with Crippen molar-refractivity contribution in [1.29, 1.82) is 0 Å². The van der Waals surface area contributed by atoms with E-state index < -0.39 is 0 Å². The zero-order valence-corrected chi connectivity index (χ0v) is 11.2. The van der Waals surface area contributed by atoms with Gasteiger partial charge < -0.3 is 15.6 Å². The summed E-state index contributed by atoms with van der Waals surface area (Å²) in [6.07, 6.45) is 4.22. The highest BCUT2D eigenvalue weighted by Crippen LogP contribution is 2.20. The summed E-state index contributed by atoms with van der Waals surface area (Å²) in [6, 6.07) is 7.88. The highest BCUT2D eigenvalue weighted by molar-refractivity contribution is 5.80. The number of nitrogens with zero attached hydrogens (tertiary/aromatic N) is 4. The second-order valence-corrected chi connectivity index (χ2v) is 4.58. The summed E-state index contributed by atoms with van der Waals surface area (Å²) in [5.41, 5.74) is 8.52. The summed E-state index contributed by atoms with van der Waals surface area (Å²) in [4.78, 5) is 12.9. The van der Waals surface area contributed by atoms with E-state index in [2.05, 4.69) is 20.3 Å². The molecule has 6 heteroatoms. The molecule has 2 aromatic heterocycles. The molecule has 20 heavy (non-hydrogen) atoms. The van der Waals surface area contributed by atoms with E-state index in [9.17, 15) is 0 Å². The Labute approximate surface area is 116 Å². The van der Waals surface area contributed by atoms with E-state index in [-0.39, 0.29) is 0 Å². The van der Waals surface area contributed by atoms with Gasteiger partial charge in [0.15, 0.2) is 0 Å². The molecule has 3 aromatic rings. The molecule has 3 rings (SSSR count). The quantitative estimate of drug-likeness (QED) is 0.751.